The van der Waals surface area contributed by atoms with Crippen LogP contribution in [0.4, 0.5) is 0 Å². The molecule has 2 nitrogen and oxygen atoms in total. The molecule has 0 amide bonds. The molecule has 2 rings (SSSR count). The monoisotopic (exact) mass is 273 g/mol. The van der Waals surface area contributed by atoms with Gasteiger partial charge in [0.2, 0.25) is 0 Å². The van der Waals surface area contributed by atoms with Gasteiger partial charge in [0.05, 0.1) is 7.11 Å². The smallest absolute Gasteiger partial charge is 0.123 e. The number of alkyl halides is 1. The van der Waals surface area contributed by atoms with Crippen LogP contribution in [0.5, 0.6) is 5.75 Å². The summed E-state index contributed by atoms with van der Waals surface area (Å²) in [4.78, 5) is 0. The maximum absolute atomic E-state index is 6.01. The first-order valence-electron chi connectivity index (χ1n) is 5.82. The number of hydrogen-bond donors (Lipinski definition) is 1. The van der Waals surface area contributed by atoms with Crippen LogP contribution in [0.2, 0.25) is 5.02 Å². The van der Waals surface area contributed by atoms with Crippen LogP contribution in [0.1, 0.15) is 24.8 Å². The molecule has 94 valence electrons. The van der Waals surface area contributed by atoms with Gasteiger partial charge in [-0.1, -0.05) is 11.6 Å². The SMILES string of the molecule is COc1ccc(Cl)cc1CNC1(CCl)CCC1. The Balaban J connectivity index is 2.05. The number of halogens is 2. The summed E-state index contributed by atoms with van der Waals surface area (Å²) in [6, 6.07) is 5.67. The minimum atomic E-state index is 0.120. The van der Waals surface area contributed by atoms with Crippen LogP contribution >= 0.6 is 23.2 Å². The third-order valence-corrected chi connectivity index (χ3v) is 4.21. The van der Waals surface area contributed by atoms with Crippen LogP contribution in [0.25, 0.3) is 0 Å². The number of ether oxygens (including phenoxy) is 1. The molecule has 1 N–H and O–H groups in total. The number of rotatable bonds is 5. The number of methoxy groups -OCH3 is 1. The Hall–Kier alpha value is -0.440. The molecule has 1 saturated carbocycles. The van der Waals surface area contributed by atoms with Crippen molar-refractivity contribution in [1.82, 2.24) is 5.32 Å². The molecule has 1 aliphatic carbocycles. The van der Waals surface area contributed by atoms with Crippen LogP contribution in [0.3, 0.4) is 0 Å². The molecule has 0 bridgehead atoms. The highest BCUT2D eigenvalue weighted by atomic mass is 35.5. The van der Waals surface area contributed by atoms with E-state index in [1.54, 1.807) is 7.11 Å². The molecule has 0 aromatic heterocycles. The Morgan fingerprint density at radius 2 is 2.18 bits per heavy atom. The van der Waals surface area contributed by atoms with Crippen molar-refractivity contribution in [2.24, 2.45) is 0 Å². The topological polar surface area (TPSA) is 21.3 Å². The molecule has 0 unspecified atom stereocenters. The van der Waals surface area contributed by atoms with Gasteiger partial charge in [-0.15, -0.1) is 11.6 Å². The highest BCUT2D eigenvalue weighted by molar-refractivity contribution is 6.30. The zero-order valence-corrected chi connectivity index (χ0v) is 11.4. The molecule has 17 heavy (non-hydrogen) atoms. The van der Waals surface area contributed by atoms with Gasteiger partial charge in [0, 0.05) is 28.5 Å². The summed E-state index contributed by atoms with van der Waals surface area (Å²) in [6.45, 7) is 0.746. The molecule has 0 atom stereocenters. The largest absolute Gasteiger partial charge is 0.496 e. The summed E-state index contributed by atoms with van der Waals surface area (Å²) in [6.07, 6.45) is 3.56. The van der Waals surface area contributed by atoms with E-state index in [0.29, 0.717) is 5.88 Å². The maximum Gasteiger partial charge on any atom is 0.123 e. The summed E-state index contributed by atoms with van der Waals surface area (Å²) in [5, 5.41) is 4.26. The minimum absolute atomic E-state index is 0.120. The van der Waals surface area contributed by atoms with Crippen molar-refractivity contribution in [2.75, 3.05) is 13.0 Å². The van der Waals surface area contributed by atoms with Gasteiger partial charge >= 0.3 is 0 Å². The van der Waals surface area contributed by atoms with Crippen molar-refractivity contribution in [3.63, 3.8) is 0 Å². The van der Waals surface area contributed by atoms with Gasteiger partial charge in [-0.05, 0) is 37.5 Å². The average molecular weight is 274 g/mol. The molecular formula is C13H17Cl2NO. The fourth-order valence-corrected chi connectivity index (χ4v) is 2.69. The second-order valence-corrected chi connectivity index (χ2v) is 5.28. The Morgan fingerprint density at radius 1 is 1.41 bits per heavy atom. The lowest BCUT2D eigenvalue weighted by Gasteiger charge is -2.41. The van der Waals surface area contributed by atoms with E-state index in [4.69, 9.17) is 27.9 Å². The first kappa shape index (κ1) is 13.0. The standard InChI is InChI=1S/C13H17Cl2NO/c1-17-12-4-3-11(15)7-10(12)8-16-13(9-14)5-2-6-13/h3-4,7,16H,2,5-6,8-9H2,1H3. The van der Waals surface area contributed by atoms with Crippen LogP contribution in [-0.2, 0) is 6.54 Å². The predicted octanol–water partition coefficient (Wildman–Crippen LogP) is 3.60. The average Bonchev–Trinajstić information content (AvgIpc) is 2.28. The van der Waals surface area contributed by atoms with Crippen LogP contribution in [0, 0.1) is 0 Å². The van der Waals surface area contributed by atoms with Crippen molar-refractivity contribution in [3.05, 3.63) is 28.8 Å². The second-order valence-electron chi connectivity index (χ2n) is 4.58. The third kappa shape index (κ3) is 2.87. The Bertz CT molecular complexity index is 385. The van der Waals surface area contributed by atoms with E-state index in [-0.39, 0.29) is 5.54 Å². The van der Waals surface area contributed by atoms with E-state index in [1.807, 2.05) is 18.2 Å². The van der Waals surface area contributed by atoms with Crippen molar-refractivity contribution in [3.8, 4) is 5.75 Å². The molecule has 0 spiro atoms. The van der Waals surface area contributed by atoms with Crippen molar-refractivity contribution in [2.45, 2.75) is 31.3 Å². The molecule has 1 aromatic rings. The number of benzene rings is 1. The van der Waals surface area contributed by atoms with Gasteiger partial charge in [0.25, 0.3) is 0 Å². The van der Waals surface area contributed by atoms with Gasteiger partial charge in [-0.25, -0.2) is 0 Å². The first-order valence-corrected chi connectivity index (χ1v) is 6.74. The van der Waals surface area contributed by atoms with E-state index in [2.05, 4.69) is 5.32 Å². The summed E-state index contributed by atoms with van der Waals surface area (Å²) in [7, 11) is 1.67. The van der Waals surface area contributed by atoms with E-state index in [0.717, 1.165) is 35.7 Å². The molecule has 0 saturated heterocycles. The fraction of sp³-hybridized carbons (Fsp3) is 0.538. The Labute approximate surface area is 112 Å². The van der Waals surface area contributed by atoms with E-state index in [9.17, 15) is 0 Å². The molecule has 4 heteroatoms. The summed E-state index contributed by atoms with van der Waals surface area (Å²) < 4.78 is 5.32. The van der Waals surface area contributed by atoms with Gasteiger partial charge < -0.3 is 10.1 Å². The lowest BCUT2D eigenvalue weighted by Crippen LogP contribution is -2.52. The van der Waals surface area contributed by atoms with E-state index < -0.39 is 0 Å². The maximum atomic E-state index is 6.01. The molecule has 1 aromatic carbocycles. The third-order valence-electron chi connectivity index (χ3n) is 3.46. The molecular weight excluding hydrogens is 257 g/mol. The molecule has 0 heterocycles. The molecule has 1 fully saturated rings. The minimum Gasteiger partial charge on any atom is -0.496 e. The predicted molar refractivity (Wildman–Crippen MR) is 72.1 cm³/mol. The second kappa shape index (κ2) is 5.47. The van der Waals surface area contributed by atoms with Gasteiger partial charge in [0.15, 0.2) is 0 Å². The lowest BCUT2D eigenvalue weighted by molar-refractivity contribution is 0.210. The summed E-state index contributed by atoms with van der Waals surface area (Å²) in [5.74, 6) is 1.53. The van der Waals surface area contributed by atoms with Gasteiger partial charge in [-0.2, -0.15) is 0 Å². The van der Waals surface area contributed by atoms with Crippen LogP contribution in [0.15, 0.2) is 18.2 Å². The zero-order valence-electron chi connectivity index (χ0n) is 9.93. The van der Waals surface area contributed by atoms with Crippen LogP contribution < -0.4 is 10.1 Å². The quantitative estimate of drug-likeness (QED) is 0.828. The highest BCUT2D eigenvalue weighted by Gasteiger charge is 2.35. The normalized spacial score (nSPS) is 17.6. The van der Waals surface area contributed by atoms with E-state index >= 15 is 0 Å². The van der Waals surface area contributed by atoms with Crippen molar-refractivity contribution in [1.29, 1.82) is 0 Å². The molecule has 1 aliphatic rings. The van der Waals surface area contributed by atoms with Crippen molar-refractivity contribution < 1.29 is 4.74 Å². The van der Waals surface area contributed by atoms with E-state index in [1.165, 1.54) is 6.42 Å². The molecule has 0 radical (unpaired) electrons. The van der Waals surface area contributed by atoms with Crippen molar-refractivity contribution >= 4 is 23.2 Å². The summed E-state index contributed by atoms with van der Waals surface area (Å²) >= 11 is 12.0. The zero-order chi connectivity index (χ0) is 12.3. The first-order chi connectivity index (χ1) is 8.19. The highest BCUT2D eigenvalue weighted by Crippen LogP contribution is 2.34. The number of hydrogen-bond acceptors (Lipinski definition) is 2. The van der Waals surface area contributed by atoms with Gasteiger partial charge in [0.1, 0.15) is 5.75 Å². The Morgan fingerprint density at radius 3 is 2.71 bits per heavy atom. The summed E-state index contributed by atoms with van der Waals surface area (Å²) in [5.41, 5.74) is 1.20. The number of nitrogens with one attached hydrogen (secondary N) is 1. The Kier molecular flexibility index (Phi) is 4.18. The van der Waals surface area contributed by atoms with Crippen LogP contribution in [-0.4, -0.2) is 18.5 Å². The lowest BCUT2D eigenvalue weighted by atomic mass is 9.78. The molecule has 0 aliphatic heterocycles. The fourth-order valence-electron chi connectivity index (χ4n) is 2.13. The van der Waals surface area contributed by atoms with Gasteiger partial charge in [-0.3, -0.25) is 0 Å².